The summed E-state index contributed by atoms with van der Waals surface area (Å²) in [5.74, 6) is -1.37. The van der Waals surface area contributed by atoms with Crippen LogP contribution < -0.4 is 0 Å². The van der Waals surface area contributed by atoms with E-state index < -0.39 is 17.7 Å². The zero-order valence-corrected chi connectivity index (χ0v) is 14.4. The fourth-order valence-corrected chi connectivity index (χ4v) is 3.32. The summed E-state index contributed by atoms with van der Waals surface area (Å²) in [6, 6.07) is 17.5. The lowest BCUT2D eigenvalue weighted by Gasteiger charge is -2.24. The number of aliphatic hydroxyl groups excluding tert-OH is 1. The van der Waals surface area contributed by atoms with Gasteiger partial charge in [-0.25, -0.2) is 0 Å². The van der Waals surface area contributed by atoms with E-state index >= 15 is 0 Å². The number of rotatable bonds is 4. The molecule has 0 radical (unpaired) electrons. The Bertz CT molecular complexity index is 787. The summed E-state index contributed by atoms with van der Waals surface area (Å²) in [7, 11) is 0. The molecule has 0 spiro atoms. The maximum absolute atomic E-state index is 12.6. The lowest BCUT2D eigenvalue weighted by molar-refractivity contribution is -0.139. The largest absolute Gasteiger partial charge is 0.507 e. The van der Waals surface area contributed by atoms with Gasteiger partial charge in [0.1, 0.15) is 5.76 Å². The highest BCUT2D eigenvalue weighted by Gasteiger charge is 2.45. The normalized spacial score (nSPS) is 19.7. The van der Waals surface area contributed by atoms with Gasteiger partial charge in [-0.2, -0.15) is 0 Å². The van der Waals surface area contributed by atoms with Crippen LogP contribution in [0, 0.1) is 0 Å². The second kappa shape index (κ2) is 7.01. The van der Waals surface area contributed by atoms with Crippen LogP contribution in [0.3, 0.4) is 0 Å². The number of alkyl halides is 1. The van der Waals surface area contributed by atoms with Crippen molar-refractivity contribution in [2.24, 2.45) is 0 Å². The summed E-state index contributed by atoms with van der Waals surface area (Å²) in [5, 5.41) is 11.2. The summed E-state index contributed by atoms with van der Waals surface area (Å²) in [5.41, 5.74) is 1.46. The predicted molar refractivity (Wildman–Crippen MR) is 95.7 cm³/mol. The second-order valence-corrected chi connectivity index (χ2v) is 6.25. The minimum Gasteiger partial charge on any atom is -0.507 e. The van der Waals surface area contributed by atoms with Gasteiger partial charge in [-0.1, -0.05) is 76.6 Å². The molecule has 1 N–H and O–H groups in total. The molecule has 4 nitrogen and oxygen atoms in total. The standard InChI is InChI=1S/C19H16BrNO3/c20-11-12-21-16(13-7-3-1-4-8-13)15(18(23)19(21)24)17(22)14-9-5-2-6-10-14/h1-10,16,22H,11-12H2/b17-15+. The van der Waals surface area contributed by atoms with E-state index in [9.17, 15) is 14.7 Å². The van der Waals surface area contributed by atoms with Gasteiger partial charge < -0.3 is 10.0 Å². The van der Waals surface area contributed by atoms with E-state index in [1.165, 1.54) is 4.90 Å². The molecule has 1 unspecified atom stereocenters. The average molecular weight is 386 g/mol. The third-order valence-electron chi connectivity index (χ3n) is 4.03. The molecule has 0 saturated carbocycles. The van der Waals surface area contributed by atoms with Crippen LogP contribution in [0.15, 0.2) is 66.2 Å². The van der Waals surface area contributed by atoms with Gasteiger partial charge in [0.25, 0.3) is 11.7 Å². The van der Waals surface area contributed by atoms with E-state index in [0.29, 0.717) is 17.4 Å². The maximum atomic E-state index is 12.6. The Kier molecular flexibility index (Phi) is 4.81. The van der Waals surface area contributed by atoms with Gasteiger partial charge in [-0.15, -0.1) is 0 Å². The van der Waals surface area contributed by atoms with Crippen molar-refractivity contribution >= 4 is 33.4 Å². The first-order valence-electron chi connectivity index (χ1n) is 7.60. The van der Waals surface area contributed by atoms with E-state index in [2.05, 4.69) is 15.9 Å². The van der Waals surface area contributed by atoms with Crippen LogP contribution >= 0.6 is 15.9 Å². The summed E-state index contributed by atoms with van der Waals surface area (Å²) >= 11 is 3.33. The van der Waals surface area contributed by atoms with Crippen LogP contribution in [0.1, 0.15) is 17.2 Å². The van der Waals surface area contributed by atoms with Crippen LogP contribution in [0.4, 0.5) is 0 Å². The van der Waals surface area contributed by atoms with Crippen molar-refractivity contribution < 1.29 is 14.7 Å². The number of amides is 1. The smallest absolute Gasteiger partial charge is 0.295 e. The van der Waals surface area contributed by atoms with Gasteiger partial charge in [0, 0.05) is 17.4 Å². The lowest BCUT2D eigenvalue weighted by atomic mass is 9.95. The minimum atomic E-state index is -0.647. The molecule has 5 heteroatoms. The number of nitrogens with zero attached hydrogens (tertiary/aromatic N) is 1. The van der Waals surface area contributed by atoms with E-state index in [0.717, 1.165) is 5.56 Å². The topological polar surface area (TPSA) is 57.6 Å². The molecule has 1 fully saturated rings. The number of halogens is 1. The fraction of sp³-hybridized carbons (Fsp3) is 0.158. The zero-order valence-electron chi connectivity index (χ0n) is 12.9. The Hall–Kier alpha value is -2.40. The van der Waals surface area contributed by atoms with Crippen LogP contribution in [-0.4, -0.2) is 33.6 Å². The number of hydrogen-bond acceptors (Lipinski definition) is 3. The molecule has 1 aliphatic heterocycles. The minimum absolute atomic E-state index is 0.137. The molecule has 0 aliphatic carbocycles. The molecule has 2 aromatic carbocycles. The van der Waals surface area contributed by atoms with Gasteiger partial charge in [0.15, 0.2) is 0 Å². The SMILES string of the molecule is O=C1C(=O)N(CCBr)C(c2ccccc2)/C1=C(\O)c1ccccc1. The van der Waals surface area contributed by atoms with Crippen molar-refractivity contribution in [3.05, 3.63) is 77.4 Å². The molecule has 2 aromatic rings. The summed E-state index contributed by atoms with van der Waals surface area (Å²) in [4.78, 5) is 26.5. The second-order valence-electron chi connectivity index (χ2n) is 5.46. The van der Waals surface area contributed by atoms with Crippen molar-refractivity contribution in [1.82, 2.24) is 4.90 Å². The molecular formula is C19H16BrNO3. The number of benzene rings is 2. The summed E-state index contributed by atoms with van der Waals surface area (Å²) < 4.78 is 0. The van der Waals surface area contributed by atoms with Crippen molar-refractivity contribution in [3.8, 4) is 0 Å². The fourth-order valence-electron chi connectivity index (χ4n) is 2.94. The number of Topliss-reactive ketones (excluding diaryl/α,β-unsaturated/α-hetero) is 1. The zero-order chi connectivity index (χ0) is 17.1. The number of ketones is 1. The molecule has 1 aliphatic rings. The number of likely N-dealkylation sites (tertiary alicyclic amines) is 1. The van der Waals surface area contributed by atoms with E-state index in [1.54, 1.807) is 24.3 Å². The van der Waals surface area contributed by atoms with E-state index in [4.69, 9.17) is 0 Å². The van der Waals surface area contributed by atoms with Crippen LogP contribution in [0.2, 0.25) is 0 Å². The van der Waals surface area contributed by atoms with Crippen LogP contribution in [-0.2, 0) is 9.59 Å². The van der Waals surface area contributed by atoms with Gasteiger partial charge in [0.2, 0.25) is 0 Å². The highest BCUT2D eigenvalue weighted by Crippen LogP contribution is 2.39. The Morgan fingerprint density at radius 3 is 2.17 bits per heavy atom. The average Bonchev–Trinajstić information content (AvgIpc) is 2.88. The third-order valence-corrected chi connectivity index (χ3v) is 4.38. The lowest BCUT2D eigenvalue weighted by Crippen LogP contribution is -2.31. The highest BCUT2D eigenvalue weighted by atomic mass is 79.9. The molecule has 0 aromatic heterocycles. The van der Waals surface area contributed by atoms with Crippen molar-refractivity contribution in [2.75, 3.05) is 11.9 Å². The van der Waals surface area contributed by atoms with Gasteiger partial charge in [-0.3, -0.25) is 9.59 Å². The maximum Gasteiger partial charge on any atom is 0.295 e. The monoisotopic (exact) mass is 385 g/mol. The first kappa shape index (κ1) is 16.5. The van der Waals surface area contributed by atoms with Crippen molar-refractivity contribution in [2.45, 2.75) is 6.04 Å². The van der Waals surface area contributed by atoms with E-state index in [-0.39, 0.29) is 11.3 Å². The summed E-state index contributed by atoms with van der Waals surface area (Å²) in [6.45, 7) is 0.385. The molecule has 122 valence electrons. The molecule has 1 amide bonds. The Morgan fingerprint density at radius 2 is 1.58 bits per heavy atom. The quantitative estimate of drug-likeness (QED) is 0.379. The first-order chi connectivity index (χ1) is 11.6. The van der Waals surface area contributed by atoms with Crippen LogP contribution in [0.5, 0.6) is 0 Å². The molecule has 0 bridgehead atoms. The number of hydrogen-bond donors (Lipinski definition) is 1. The highest BCUT2D eigenvalue weighted by molar-refractivity contribution is 9.09. The Morgan fingerprint density at radius 1 is 1.00 bits per heavy atom. The van der Waals surface area contributed by atoms with E-state index in [1.807, 2.05) is 36.4 Å². The van der Waals surface area contributed by atoms with Gasteiger partial charge in [-0.05, 0) is 5.56 Å². The van der Waals surface area contributed by atoms with Crippen molar-refractivity contribution in [3.63, 3.8) is 0 Å². The Balaban J connectivity index is 2.18. The van der Waals surface area contributed by atoms with Crippen LogP contribution in [0.25, 0.3) is 5.76 Å². The molecule has 1 heterocycles. The molecule has 1 atom stereocenters. The Labute approximate surface area is 148 Å². The summed E-state index contributed by atoms with van der Waals surface area (Å²) in [6.07, 6.45) is 0. The predicted octanol–water partition coefficient (Wildman–Crippen LogP) is 3.50. The first-order valence-corrected chi connectivity index (χ1v) is 8.72. The number of carbonyl (C=O) groups excluding carboxylic acids is 2. The van der Waals surface area contributed by atoms with Gasteiger partial charge in [0.05, 0.1) is 11.6 Å². The molecule has 3 rings (SSSR count). The van der Waals surface area contributed by atoms with Gasteiger partial charge >= 0.3 is 0 Å². The third kappa shape index (κ3) is 2.87. The molecule has 1 saturated heterocycles. The number of carbonyl (C=O) groups is 2. The van der Waals surface area contributed by atoms with Crippen molar-refractivity contribution in [1.29, 1.82) is 0 Å². The molecular weight excluding hydrogens is 370 g/mol. The number of aliphatic hydroxyl groups is 1. The molecule has 24 heavy (non-hydrogen) atoms.